The Hall–Kier alpha value is -3.70. The van der Waals surface area contributed by atoms with Gasteiger partial charge in [0.1, 0.15) is 17.1 Å². The van der Waals surface area contributed by atoms with E-state index in [4.69, 9.17) is 10.6 Å². The number of carboxylic acids is 2. The number of rotatable bonds is 10. The quantitative estimate of drug-likeness (QED) is 0.0986. The molecule has 0 radical (unpaired) electrons. The second-order valence-electron chi connectivity index (χ2n) is 9.25. The Kier molecular flexibility index (Phi) is 8.36. The van der Waals surface area contributed by atoms with E-state index in [9.17, 15) is 29.4 Å². The zero-order valence-corrected chi connectivity index (χ0v) is 24.1. The first-order valence-electron chi connectivity index (χ1n) is 11.7. The topological polar surface area (TPSA) is 210 Å². The molecule has 2 unspecified atom stereocenters. The first kappa shape index (κ1) is 29.3. The summed E-state index contributed by atoms with van der Waals surface area (Å²) in [6.07, 6.45) is 1.27. The number of carboxylic acid groups (broad SMARTS) is 2. The van der Waals surface area contributed by atoms with Gasteiger partial charge in [0, 0.05) is 29.1 Å². The van der Waals surface area contributed by atoms with E-state index in [-0.39, 0.29) is 27.2 Å². The third kappa shape index (κ3) is 6.05. The Morgan fingerprint density at radius 3 is 2.52 bits per heavy atom. The van der Waals surface area contributed by atoms with Crippen molar-refractivity contribution in [1.29, 1.82) is 0 Å². The highest BCUT2D eigenvalue weighted by Crippen LogP contribution is 2.41. The van der Waals surface area contributed by atoms with Gasteiger partial charge in [0.15, 0.2) is 16.0 Å². The van der Waals surface area contributed by atoms with Crippen LogP contribution in [-0.4, -0.2) is 88.1 Å². The van der Waals surface area contributed by atoms with Crippen molar-refractivity contribution in [1.82, 2.24) is 25.2 Å². The summed E-state index contributed by atoms with van der Waals surface area (Å²) in [5.74, 6) is -3.43. The van der Waals surface area contributed by atoms with Crippen molar-refractivity contribution in [3.8, 4) is 0 Å². The van der Waals surface area contributed by atoms with Crippen LogP contribution in [0.15, 0.2) is 33.8 Å². The summed E-state index contributed by atoms with van der Waals surface area (Å²) in [7, 11) is 0. The number of nitrogens with two attached hydrogens (primary N) is 1. The second kappa shape index (κ2) is 11.4. The molecule has 2 aromatic rings. The normalized spacial score (nSPS) is 19.1. The maximum absolute atomic E-state index is 13.2. The molecule has 0 aromatic carbocycles. The average Bonchev–Trinajstić information content (AvgIpc) is 3.30. The Balaban J connectivity index is 1.52. The molecule has 2 aromatic heterocycles. The van der Waals surface area contributed by atoms with E-state index in [0.29, 0.717) is 16.5 Å². The molecule has 2 atom stereocenters. The number of hydrogen-bond acceptors (Lipinski definition) is 13. The highest BCUT2D eigenvalue weighted by molar-refractivity contribution is 8.01. The predicted octanol–water partition coefficient (Wildman–Crippen LogP) is 1.25. The zero-order chi connectivity index (χ0) is 29.4. The number of oxime groups is 1. The van der Waals surface area contributed by atoms with Gasteiger partial charge in [-0.3, -0.25) is 14.5 Å². The van der Waals surface area contributed by atoms with E-state index in [1.165, 1.54) is 43.6 Å². The maximum Gasteiger partial charge on any atom is 0.352 e. The summed E-state index contributed by atoms with van der Waals surface area (Å²) in [5, 5.41) is 25.5. The van der Waals surface area contributed by atoms with E-state index in [1.807, 2.05) is 19.9 Å². The lowest BCUT2D eigenvalue weighted by molar-refractivity contribution is -0.161. The summed E-state index contributed by atoms with van der Waals surface area (Å²) in [5.41, 5.74) is 5.59. The van der Waals surface area contributed by atoms with Crippen LogP contribution in [0, 0.1) is 13.8 Å². The van der Waals surface area contributed by atoms with Gasteiger partial charge in [-0.05, 0) is 39.3 Å². The zero-order valence-electron chi connectivity index (χ0n) is 21.7. The van der Waals surface area contributed by atoms with Crippen molar-refractivity contribution < 1.29 is 34.2 Å². The minimum absolute atomic E-state index is 0.133. The molecule has 0 aliphatic carbocycles. The van der Waals surface area contributed by atoms with Gasteiger partial charge in [-0.25, -0.2) is 24.5 Å². The molecule has 5 N–H and O–H groups in total. The van der Waals surface area contributed by atoms with Crippen LogP contribution in [0.25, 0.3) is 0 Å². The Morgan fingerprint density at radius 1 is 1.27 bits per heavy atom. The minimum Gasteiger partial charge on any atom is -0.478 e. The molecule has 17 heteroatoms. The number of anilines is 1. The van der Waals surface area contributed by atoms with E-state index in [2.05, 4.69) is 25.4 Å². The lowest BCUT2D eigenvalue weighted by atomic mass is 10.0. The van der Waals surface area contributed by atoms with Crippen molar-refractivity contribution in [2.45, 2.75) is 49.9 Å². The van der Waals surface area contributed by atoms with Crippen molar-refractivity contribution in [2.24, 2.45) is 5.16 Å². The average molecular weight is 608 g/mol. The number of nitrogens with one attached hydrogen (secondary N) is 1. The number of nitrogens with zero attached hydrogens (tertiary/aromatic N) is 5. The maximum atomic E-state index is 13.2. The molecule has 1 saturated heterocycles. The molecule has 14 nitrogen and oxygen atoms in total. The van der Waals surface area contributed by atoms with Crippen LogP contribution >= 0.6 is 34.9 Å². The van der Waals surface area contributed by atoms with E-state index < -0.39 is 40.8 Å². The monoisotopic (exact) mass is 607 g/mol. The van der Waals surface area contributed by atoms with Gasteiger partial charge in [-0.15, -0.1) is 11.8 Å². The molecule has 2 aliphatic rings. The number of thiazole rings is 1. The van der Waals surface area contributed by atoms with Gasteiger partial charge < -0.3 is 26.1 Å². The molecule has 40 heavy (non-hydrogen) atoms. The van der Waals surface area contributed by atoms with Gasteiger partial charge in [-0.2, -0.15) is 0 Å². The number of aromatic nitrogens is 3. The molecular weight excluding hydrogens is 582 g/mol. The molecule has 4 rings (SSSR count). The Morgan fingerprint density at radius 2 is 1.95 bits per heavy atom. The number of fused-ring (bicyclic) bond motifs is 1. The van der Waals surface area contributed by atoms with Crippen molar-refractivity contribution in [3.63, 3.8) is 0 Å². The van der Waals surface area contributed by atoms with Crippen LogP contribution in [0.4, 0.5) is 5.13 Å². The molecule has 0 spiro atoms. The summed E-state index contributed by atoms with van der Waals surface area (Å²) in [4.78, 5) is 69.0. The molecule has 212 valence electrons. The summed E-state index contributed by atoms with van der Waals surface area (Å²) in [6.45, 7) is 6.19. The van der Waals surface area contributed by atoms with Crippen LogP contribution in [0.1, 0.15) is 30.1 Å². The predicted molar refractivity (Wildman–Crippen MR) is 148 cm³/mol. The van der Waals surface area contributed by atoms with Crippen molar-refractivity contribution in [3.05, 3.63) is 39.8 Å². The largest absolute Gasteiger partial charge is 0.478 e. The number of carbonyl (C=O) groups is 4. The van der Waals surface area contributed by atoms with Gasteiger partial charge >= 0.3 is 11.9 Å². The number of aliphatic carboxylic acids is 2. The number of aryl methyl sites for hydroxylation is 2. The molecular formula is C23H25N7O7S3. The van der Waals surface area contributed by atoms with Crippen LogP contribution in [0.2, 0.25) is 0 Å². The SMILES string of the molecule is Cc1cc(C)nc(SCC2=C(C(=O)O)N3C(=O)C(NC(=O)/C(=N\OC(C)(C)C(=O)O)c4cnc(N)s4)C3SC2)n1. The van der Waals surface area contributed by atoms with Crippen LogP contribution in [-0.2, 0) is 24.0 Å². The standard InChI is InChI=1S/C23H25N7O7S3/c1-9-5-10(2)27-22(26-9)39-8-11-7-38-18-14(17(32)30(18)15(11)19(33)34)28-16(31)13(12-6-25-21(24)40-12)29-37-23(3,4)20(35)36/h5-6,14,18H,7-8H2,1-4H3,(H2,24,25)(H,28,31)(H,33,34)(H,35,36)/b29-13-. The van der Waals surface area contributed by atoms with Crippen LogP contribution in [0.5, 0.6) is 0 Å². The third-order valence-corrected chi connectivity index (χ3v) is 8.83. The fourth-order valence-corrected chi connectivity index (χ4v) is 6.81. The van der Waals surface area contributed by atoms with Gasteiger partial charge in [0.25, 0.3) is 11.8 Å². The molecule has 2 amide bonds. The number of nitrogen functional groups attached to an aromatic ring is 1. The van der Waals surface area contributed by atoms with E-state index >= 15 is 0 Å². The number of thioether (sulfide) groups is 2. The Labute approximate surface area is 240 Å². The molecule has 0 saturated carbocycles. The highest BCUT2D eigenvalue weighted by atomic mass is 32.2. The van der Waals surface area contributed by atoms with E-state index in [1.54, 1.807) is 0 Å². The van der Waals surface area contributed by atoms with Crippen molar-refractivity contribution >= 4 is 69.5 Å². The lowest BCUT2D eigenvalue weighted by Crippen LogP contribution is -2.71. The minimum atomic E-state index is -1.75. The van der Waals surface area contributed by atoms with Gasteiger partial charge in [0.2, 0.25) is 5.60 Å². The molecule has 4 heterocycles. The third-order valence-electron chi connectivity index (χ3n) is 5.73. The first-order valence-corrected chi connectivity index (χ1v) is 14.5. The number of carbonyl (C=O) groups excluding carboxylic acids is 2. The van der Waals surface area contributed by atoms with Gasteiger partial charge in [0.05, 0.1) is 4.88 Å². The number of hydrogen-bond donors (Lipinski definition) is 4. The lowest BCUT2D eigenvalue weighted by Gasteiger charge is -2.49. The first-order chi connectivity index (χ1) is 18.8. The molecule has 1 fully saturated rings. The number of amides is 2. The van der Waals surface area contributed by atoms with Crippen molar-refractivity contribution in [2.75, 3.05) is 17.2 Å². The highest BCUT2D eigenvalue weighted by Gasteiger charge is 2.54. The summed E-state index contributed by atoms with van der Waals surface area (Å²) < 4.78 is 0. The molecule has 2 aliphatic heterocycles. The number of β-lactam (4-membered cyclic amide) rings is 1. The second-order valence-corrected chi connectivity index (χ2v) is 12.4. The molecule has 0 bridgehead atoms. The smallest absolute Gasteiger partial charge is 0.352 e. The van der Waals surface area contributed by atoms with E-state index in [0.717, 1.165) is 27.6 Å². The summed E-state index contributed by atoms with van der Waals surface area (Å²) in [6, 6.07) is 0.783. The Bertz CT molecular complexity index is 1440. The fraction of sp³-hybridized carbons (Fsp3) is 0.391. The van der Waals surface area contributed by atoms with Crippen LogP contribution < -0.4 is 11.1 Å². The fourth-order valence-electron chi connectivity index (χ4n) is 3.71. The van der Waals surface area contributed by atoms with Gasteiger partial charge in [-0.1, -0.05) is 28.3 Å². The van der Waals surface area contributed by atoms with Crippen LogP contribution in [0.3, 0.4) is 0 Å². The summed E-state index contributed by atoms with van der Waals surface area (Å²) >= 11 is 3.50.